The highest BCUT2D eigenvalue weighted by Gasteiger charge is 2.06. The Hall–Kier alpha value is -1.77. The van der Waals surface area contributed by atoms with Gasteiger partial charge in [-0.1, -0.05) is 18.2 Å². The molecule has 0 aliphatic carbocycles. The highest BCUT2D eigenvalue weighted by Crippen LogP contribution is 2.15. The number of benzene rings is 1. The number of aryl methyl sites for hydroxylation is 2. The fourth-order valence-corrected chi connectivity index (χ4v) is 2.43. The molecule has 1 N–H and O–H groups in total. The van der Waals surface area contributed by atoms with Gasteiger partial charge in [0.25, 0.3) is 0 Å². The van der Waals surface area contributed by atoms with E-state index < -0.39 is 0 Å². The molecule has 1 aromatic heterocycles. The van der Waals surface area contributed by atoms with Gasteiger partial charge in [0.15, 0.2) is 5.96 Å². The first-order valence-corrected chi connectivity index (χ1v) is 8.77. The molecule has 1 aromatic carbocycles. The number of nitrogens with zero attached hydrogens (tertiary/aromatic N) is 4. The van der Waals surface area contributed by atoms with E-state index in [9.17, 15) is 0 Å². The molecule has 0 aliphatic heterocycles. The van der Waals surface area contributed by atoms with Crippen LogP contribution in [0.3, 0.4) is 0 Å². The van der Waals surface area contributed by atoms with E-state index in [4.69, 9.17) is 4.74 Å². The first-order chi connectivity index (χ1) is 12.1. The number of halogens is 1. The van der Waals surface area contributed by atoms with Crippen LogP contribution in [0.15, 0.2) is 41.7 Å². The second-order valence-corrected chi connectivity index (χ2v) is 6.05. The average molecular weight is 471 g/mol. The number of guanidine groups is 1. The zero-order valence-corrected chi connectivity index (χ0v) is 18.4. The summed E-state index contributed by atoms with van der Waals surface area (Å²) in [5.74, 6) is 1.83. The topological polar surface area (TPSA) is 54.7 Å². The third kappa shape index (κ3) is 7.23. The summed E-state index contributed by atoms with van der Waals surface area (Å²) in [6.07, 6.45) is 3.89. The predicted octanol–water partition coefficient (Wildman–Crippen LogP) is 3.09. The molecule has 1 heterocycles. The predicted molar refractivity (Wildman–Crippen MR) is 118 cm³/mol. The van der Waals surface area contributed by atoms with Gasteiger partial charge in [-0.15, -0.1) is 24.0 Å². The van der Waals surface area contributed by atoms with E-state index in [1.54, 1.807) is 0 Å². The molecule has 0 fully saturated rings. The third-order valence-electron chi connectivity index (χ3n) is 3.83. The highest BCUT2D eigenvalue weighted by molar-refractivity contribution is 14.0. The minimum atomic E-state index is 0. The van der Waals surface area contributed by atoms with Crippen LogP contribution >= 0.6 is 24.0 Å². The lowest BCUT2D eigenvalue weighted by Crippen LogP contribution is -2.41. The van der Waals surface area contributed by atoms with Crippen LogP contribution in [-0.4, -0.2) is 53.9 Å². The maximum absolute atomic E-state index is 5.87. The van der Waals surface area contributed by atoms with Crippen LogP contribution < -0.4 is 10.1 Å². The number of likely N-dealkylation sites (N-methyl/N-ethyl adjacent to an activating group) is 1. The lowest BCUT2D eigenvalue weighted by molar-refractivity contribution is 0.280. The summed E-state index contributed by atoms with van der Waals surface area (Å²) in [6, 6.07) is 8.07. The largest absolute Gasteiger partial charge is 0.491 e. The molecule has 0 saturated carbocycles. The SMILES string of the molecule is CCNC(=NCCn1cc(C)cn1)N(C)CCOc1ccccc1C.I. The van der Waals surface area contributed by atoms with Gasteiger partial charge in [0.1, 0.15) is 12.4 Å². The van der Waals surface area contributed by atoms with Crippen molar-refractivity contribution < 1.29 is 4.74 Å². The first-order valence-electron chi connectivity index (χ1n) is 8.77. The fourth-order valence-electron chi connectivity index (χ4n) is 2.43. The Morgan fingerprint density at radius 2 is 2.08 bits per heavy atom. The van der Waals surface area contributed by atoms with Crippen molar-refractivity contribution in [3.63, 3.8) is 0 Å². The normalized spacial score (nSPS) is 11.0. The second-order valence-electron chi connectivity index (χ2n) is 6.05. The van der Waals surface area contributed by atoms with Crippen molar-refractivity contribution in [2.75, 3.05) is 33.3 Å². The summed E-state index contributed by atoms with van der Waals surface area (Å²) in [6.45, 7) is 9.85. The average Bonchev–Trinajstić information content (AvgIpc) is 3.01. The molecule has 0 aliphatic rings. The number of ether oxygens (including phenoxy) is 1. The van der Waals surface area contributed by atoms with E-state index in [0.717, 1.165) is 36.9 Å². The zero-order valence-electron chi connectivity index (χ0n) is 16.1. The molecule has 0 bridgehead atoms. The number of aromatic nitrogens is 2. The molecule has 7 heteroatoms. The Morgan fingerprint density at radius 1 is 1.31 bits per heavy atom. The second kappa shape index (κ2) is 11.8. The molecule has 6 nitrogen and oxygen atoms in total. The minimum absolute atomic E-state index is 0. The summed E-state index contributed by atoms with van der Waals surface area (Å²) in [5, 5.41) is 7.61. The van der Waals surface area contributed by atoms with Gasteiger partial charge in [-0.05, 0) is 38.0 Å². The minimum Gasteiger partial charge on any atom is -0.491 e. The van der Waals surface area contributed by atoms with Crippen LogP contribution in [0.25, 0.3) is 0 Å². The van der Waals surface area contributed by atoms with Crippen molar-refractivity contribution in [3.8, 4) is 5.75 Å². The maximum Gasteiger partial charge on any atom is 0.193 e. The molecule has 0 unspecified atom stereocenters. The van der Waals surface area contributed by atoms with Gasteiger partial charge in [-0.3, -0.25) is 9.67 Å². The van der Waals surface area contributed by atoms with E-state index in [1.807, 2.05) is 49.2 Å². The van der Waals surface area contributed by atoms with Crippen molar-refractivity contribution in [3.05, 3.63) is 47.8 Å². The summed E-state index contributed by atoms with van der Waals surface area (Å²) >= 11 is 0. The Kier molecular flexibility index (Phi) is 10.1. The zero-order chi connectivity index (χ0) is 18.1. The van der Waals surface area contributed by atoms with Gasteiger partial charge in [0.2, 0.25) is 0 Å². The number of hydrogen-bond acceptors (Lipinski definition) is 3. The lowest BCUT2D eigenvalue weighted by Gasteiger charge is -2.22. The summed E-state index contributed by atoms with van der Waals surface area (Å²) < 4.78 is 7.79. The van der Waals surface area contributed by atoms with Crippen LogP contribution in [-0.2, 0) is 6.54 Å². The van der Waals surface area contributed by atoms with Crippen LogP contribution in [0.2, 0.25) is 0 Å². The van der Waals surface area contributed by atoms with Gasteiger partial charge in [0, 0.05) is 19.8 Å². The van der Waals surface area contributed by atoms with E-state index in [-0.39, 0.29) is 24.0 Å². The van der Waals surface area contributed by atoms with E-state index >= 15 is 0 Å². The smallest absolute Gasteiger partial charge is 0.193 e. The Bertz CT molecular complexity index is 686. The standard InChI is InChI=1S/C19H29N5O.HI/c1-5-20-19(21-10-11-24-15-16(2)14-22-24)23(4)12-13-25-18-9-7-6-8-17(18)3;/h6-9,14-15H,5,10-13H2,1-4H3,(H,20,21);1H. The van der Waals surface area contributed by atoms with Crippen molar-refractivity contribution in [1.82, 2.24) is 20.0 Å². The van der Waals surface area contributed by atoms with Crippen LogP contribution in [0.1, 0.15) is 18.1 Å². The van der Waals surface area contributed by atoms with E-state index in [1.165, 1.54) is 5.56 Å². The van der Waals surface area contributed by atoms with Crippen molar-refractivity contribution >= 4 is 29.9 Å². The molecule has 144 valence electrons. The van der Waals surface area contributed by atoms with Crippen molar-refractivity contribution in [1.29, 1.82) is 0 Å². The quantitative estimate of drug-likeness (QED) is 0.365. The highest BCUT2D eigenvalue weighted by atomic mass is 127. The molecule has 0 radical (unpaired) electrons. The molecular weight excluding hydrogens is 441 g/mol. The van der Waals surface area contributed by atoms with Crippen molar-refractivity contribution in [2.45, 2.75) is 27.3 Å². The summed E-state index contributed by atoms with van der Waals surface area (Å²) in [5.41, 5.74) is 2.32. The lowest BCUT2D eigenvalue weighted by atomic mass is 10.2. The van der Waals surface area contributed by atoms with Gasteiger partial charge in [-0.25, -0.2) is 0 Å². The number of aliphatic imine (C=N–C) groups is 1. The Morgan fingerprint density at radius 3 is 2.73 bits per heavy atom. The van der Waals surface area contributed by atoms with Crippen LogP contribution in [0, 0.1) is 13.8 Å². The Balaban J connectivity index is 0.00000338. The fraction of sp³-hybridized carbons (Fsp3) is 0.474. The third-order valence-corrected chi connectivity index (χ3v) is 3.83. The number of para-hydroxylation sites is 1. The molecular formula is C19H30IN5O. The number of rotatable bonds is 8. The monoisotopic (exact) mass is 471 g/mol. The summed E-state index contributed by atoms with van der Waals surface area (Å²) in [7, 11) is 2.03. The molecule has 0 atom stereocenters. The number of nitrogens with one attached hydrogen (secondary N) is 1. The van der Waals surface area contributed by atoms with E-state index in [0.29, 0.717) is 13.2 Å². The molecule has 0 saturated heterocycles. The molecule has 2 aromatic rings. The van der Waals surface area contributed by atoms with Gasteiger partial charge >= 0.3 is 0 Å². The first kappa shape index (κ1) is 22.3. The van der Waals surface area contributed by atoms with Gasteiger partial charge < -0.3 is 15.0 Å². The summed E-state index contributed by atoms with van der Waals surface area (Å²) in [4.78, 5) is 6.77. The van der Waals surface area contributed by atoms with Gasteiger partial charge in [-0.2, -0.15) is 5.10 Å². The van der Waals surface area contributed by atoms with Crippen LogP contribution in [0.4, 0.5) is 0 Å². The maximum atomic E-state index is 5.87. The van der Waals surface area contributed by atoms with Gasteiger partial charge in [0.05, 0.1) is 25.8 Å². The number of hydrogen-bond donors (Lipinski definition) is 1. The van der Waals surface area contributed by atoms with Crippen molar-refractivity contribution in [2.24, 2.45) is 4.99 Å². The molecule has 0 spiro atoms. The molecule has 2 rings (SSSR count). The Labute approximate surface area is 173 Å². The molecule has 0 amide bonds. The molecule has 26 heavy (non-hydrogen) atoms. The van der Waals surface area contributed by atoms with E-state index in [2.05, 4.69) is 40.2 Å². The van der Waals surface area contributed by atoms with Crippen LogP contribution in [0.5, 0.6) is 5.75 Å².